The molecule has 0 atom stereocenters. The molecule has 0 unspecified atom stereocenters. The van der Waals surface area contributed by atoms with E-state index in [0.717, 1.165) is 61.5 Å². The number of carbonyl (C=O) groups is 2. The van der Waals surface area contributed by atoms with E-state index in [1.54, 1.807) is 12.1 Å². The molecule has 2 aliphatic rings. The number of rotatable bonds is 9. The van der Waals surface area contributed by atoms with Gasteiger partial charge in [0.1, 0.15) is 0 Å². The molecule has 10 nitrogen and oxygen atoms in total. The van der Waals surface area contributed by atoms with E-state index in [9.17, 15) is 9.59 Å². The van der Waals surface area contributed by atoms with Gasteiger partial charge < -0.3 is 19.6 Å². The molecule has 2 aromatic carbocycles. The maximum absolute atomic E-state index is 12.7. The first-order chi connectivity index (χ1) is 18.4. The van der Waals surface area contributed by atoms with Crippen molar-refractivity contribution in [3.8, 4) is 0 Å². The fraction of sp³-hybridized carbons (Fsp3) is 0.500. The highest BCUT2D eigenvalue weighted by atomic mass is 16.2. The number of unbranched alkanes of at least 4 members (excludes halogenated alkanes) is 1. The Morgan fingerprint density at radius 1 is 0.658 bits per heavy atom. The van der Waals surface area contributed by atoms with Crippen LogP contribution in [0.15, 0.2) is 46.6 Å². The SMILES string of the molecule is Cc1cc(N2CCN(C(=O)CCCCC(=O)N3CCN(c4ccc(N=[N])c(C)c4)CC3)CC2)ccc1N=[N]. The Hall–Kier alpha value is -3.82. The Morgan fingerprint density at radius 3 is 1.34 bits per heavy atom. The van der Waals surface area contributed by atoms with Crippen LogP contribution in [0.4, 0.5) is 22.7 Å². The quantitative estimate of drug-likeness (QED) is 0.374. The number of hydrogen-bond acceptors (Lipinski definition) is 6. The lowest BCUT2D eigenvalue weighted by atomic mass is 10.1. The lowest BCUT2D eigenvalue weighted by molar-refractivity contribution is -0.133. The maximum Gasteiger partial charge on any atom is 0.222 e. The fourth-order valence-electron chi connectivity index (χ4n) is 5.19. The molecule has 0 N–H and O–H groups in total. The molecular formula is C28H36N8O2. The third-order valence-electron chi connectivity index (χ3n) is 7.60. The molecule has 38 heavy (non-hydrogen) atoms. The van der Waals surface area contributed by atoms with Crippen molar-refractivity contribution >= 4 is 34.6 Å². The smallest absolute Gasteiger partial charge is 0.222 e. The highest BCUT2D eigenvalue weighted by molar-refractivity contribution is 5.78. The van der Waals surface area contributed by atoms with Crippen molar-refractivity contribution in [2.24, 2.45) is 10.2 Å². The maximum atomic E-state index is 12.7. The molecule has 200 valence electrons. The van der Waals surface area contributed by atoms with Gasteiger partial charge in [-0.1, -0.05) is 0 Å². The van der Waals surface area contributed by atoms with Crippen LogP contribution in [0.5, 0.6) is 0 Å². The zero-order valence-corrected chi connectivity index (χ0v) is 22.3. The zero-order chi connectivity index (χ0) is 27.1. The molecule has 2 fully saturated rings. The van der Waals surface area contributed by atoms with Crippen LogP contribution in [-0.2, 0) is 9.59 Å². The van der Waals surface area contributed by atoms with Crippen LogP contribution < -0.4 is 20.9 Å². The van der Waals surface area contributed by atoms with E-state index < -0.39 is 0 Å². The summed E-state index contributed by atoms with van der Waals surface area (Å²) < 4.78 is 0. The minimum Gasteiger partial charge on any atom is -0.368 e. The first kappa shape index (κ1) is 27.2. The van der Waals surface area contributed by atoms with Gasteiger partial charge >= 0.3 is 0 Å². The minimum absolute atomic E-state index is 0.159. The number of carbonyl (C=O) groups excluding carboxylic acids is 2. The zero-order valence-electron chi connectivity index (χ0n) is 22.3. The summed E-state index contributed by atoms with van der Waals surface area (Å²) in [5.74, 6) is 0.318. The lowest BCUT2D eigenvalue weighted by Gasteiger charge is -2.36. The van der Waals surface area contributed by atoms with E-state index in [4.69, 9.17) is 11.1 Å². The van der Waals surface area contributed by atoms with Crippen LogP contribution in [-0.4, -0.2) is 74.0 Å². The fourth-order valence-corrected chi connectivity index (χ4v) is 5.19. The molecule has 2 saturated heterocycles. The molecule has 2 amide bonds. The summed E-state index contributed by atoms with van der Waals surface area (Å²) in [7, 11) is 0. The van der Waals surface area contributed by atoms with E-state index in [-0.39, 0.29) is 11.8 Å². The summed E-state index contributed by atoms with van der Waals surface area (Å²) in [6.45, 7) is 9.65. The normalized spacial score (nSPS) is 15.9. The van der Waals surface area contributed by atoms with Gasteiger partial charge in [-0.3, -0.25) is 9.59 Å². The minimum atomic E-state index is 0.159. The molecule has 0 aliphatic carbocycles. The molecule has 2 aromatic rings. The summed E-state index contributed by atoms with van der Waals surface area (Å²) in [6.07, 6.45) is 2.39. The summed E-state index contributed by atoms with van der Waals surface area (Å²) in [5, 5.41) is 6.56. The molecule has 0 saturated carbocycles. The van der Waals surface area contributed by atoms with Crippen molar-refractivity contribution in [1.82, 2.24) is 20.9 Å². The summed E-state index contributed by atoms with van der Waals surface area (Å²) in [5.41, 5.74) is 23.1. The van der Waals surface area contributed by atoms with Crippen LogP contribution in [0, 0.1) is 13.8 Å². The van der Waals surface area contributed by atoms with Crippen molar-refractivity contribution in [1.29, 1.82) is 0 Å². The standard InChI is InChI=1S/C28H36N8O2/c1-21-19-23(7-9-25(21)31-29)33-11-15-35(16-12-33)27(37)5-3-4-6-28(38)36-17-13-34(14-18-36)24-8-10-26(32-30)22(2)20-24/h7-10,19-20H,3-6,11-18H2,1-2H3. The van der Waals surface area contributed by atoms with Crippen LogP contribution in [0.1, 0.15) is 36.8 Å². The Bertz CT molecular complexity index is 1080. The topological polar surface area (TPSA) is 116 Å². The van der Waals surface area contributed by atoms with Gasteiger partial charge in [0.25, 0.3) is 0 Å². The predicted molar refractivity (Wildman–Crippen MR) is 147 cm³/mol. The van der Waals surface area contributed by atoms with Gasteiger partial charge in [-0.05, 0) is 85.3 Å². The summed E-state index contributed by atoms with van der Waals surface area (Å²) in [4.78, 5) is 33.8. The predicted octanol–water partition coefficient (Wildman–Crippen LogP) is 3.63. The second-order valence-corrected chi connectivity index (χ2v) is 10.1. The van der Waals surface area contributed by atoms with Crippen LogP contribution >= 0.6 is 0 Å². The van der Waals surface area contributed by atoms with Gasteiger partial charge in [-0.2, -0.15) is 0 Å². The average molecular weight is 517 g/mol. The monoisotopic (exact) mass is 516 g/mol. The van der Waals surface area contributed by atoms with Crippen molar-refractivity contribution in [3.05, 3.63) is 47.5 Å². The number of benzene rings is 2. The van der Waals surface area contributed by atoms with Gasteiger partial charge in [-0.25, -0.2) is 0 Å². The van der Waals surface area contributed by atoms with E-state index in [1.807, 2.05) is 47.9 Å². The van der Waals surface area contributed by atoms with Crippen molar-refractivity contribution in [2.45, 2.75) is 39.5 Å². The van der Waals surface area contributed by atoms with Gasteiger partial charge in [0.05, 0.1) is 11.4 Å². The second-order valence-electron chi connectivity index (χ2n) is 10.1. The van der Waals surface area contributed by atoms with Gasteiger partial charge in [0.2, 0.25) is 11.8 Å². The molecule has 4 rings (SSSR count). The third kappa shape index (κ3) is 6.54. The lowest BCUT2D eigenvalue weighted by Crippen LogP contribution is -2.49. The van der Waals surface area contributed by atoms with Gasteiger partial charge in [-0.15, -0.1) is 10.2 Å². The molecule has 2 heterocycles. The van der Waals surface area contributed by atoms with Crippen LogP contribution in [0.2, 0.25) is 0 Å². The van der Waals surface area contributed by atoms with E-state index in [2.05, 4.69) is 20.0 Å². The van der Waals surface area contributed by atoms with Crippen molar-refractivity contribution < 1.29 is 9.59 Å². The Labute approximate surface area is 224 Å². The first-order valence-corrected chi connectivity index (χ1v) is 13.4. The molecule has 10 heteroatoms. The average Bonchev–Trinajstić information content (AvgIpc) is 2.95. The number of nitrogens with zero attached hydrogens (tertiary/aromatic N) is 8. The van der Waals surface area contributed by atoms with E-state index in [1.165, 1.54) is 0 Å². The number of anilines is 2. The highest BCUT2D eigenvalue weighted by Gasteiger charge is 2.23. The summed E-state index contributed by atoms with van der Waals surface area (Å²) in [6, 6.07) is 11.5. The molecule has 0 bridgehead atoms. The van der Waals surface area contributed by atoms with Crippen LogP contribution in [0.25, 0.3) is 0 Å². The first-order valence-electron chi connectivity index (χ1n) is 13.4. The van der Waals surface area contributed by atoms with Crippen molar-refractivity contribution in [2.75, 3.05) is 62.2 Å². The van der Waals surface area contributed by atoms with Crippen LogP contribution in [0.3, 0.4) is 0 Å². The van der Waals surface area contributed by atoms with Gasteiger partial charge in [0.15, 0.2) is 0 Å². The number of piperazine rings is 2. The van der Waals surface area contributed by atoms with E-state index in [0.29, 0.717) is 50.4 Å². The molecule has 2 aliphatic heterocycles. The van der Waals surface area contributed by atoms with E-state index >= 15 is 0 Å². The second kappa shape index (κ2) is 12.6. The Kier molecular flexibility index (Phi) is 9.04. The molecule has 0 aromatic heterocycles. The van der Waals surface area contributed by atoms with Crippen molar-refractivity contribution in [3.63, 3.8) is 0 Å². The molecular weight excluding hydrogens is 480 g/mol. The molecule has 2 radical (unpaired) electrons. The Balaban J connectivity index is 1.13. The highest BCUT2D eigenvalue weighted by Crippen LogP contribution is 2.26. The number of aryl methyl sites for hydroxylation is 2. The Morgan fingerprint density at radius 2 is 1.03 bits per heavy atom. The third-order valence-corrected chi connectivity index (χ3v) is 7.60. The summed E-state index contributed by atoms with van der Waals surface area (Å²) >= 11 is 0. The number of hydrogen-bond donors (Lipinski definition) is 0. The number of amides is 2. The largest absolute Gasteiger partial charge is 0.368 e. The van der Waals surface area contributed by atoms with Gasteiger partial charge in [0, 0.05) is 76.6 Å². The molecule has 0 spiro atoms.